The van der Waals surface area contributed by atoms with E-state index in [-0.39, 0.29) is 17.6 Å². The van der Waals surface area contributed by atoms with Gasteiger partial charge in [-0.05, 0) is 73.3 Å². The van der Waals surface area contributed by atoms with Gasteiger partial charge in [0.15, 0.2) is 0 Å². The van der Waals surface area contributed by atoms with Crippen LogP contribution in [0.3, 0.4) is 0 Å². The van der Waals surface area contributed by atoms with E-state index >= 15 is 0 Å². The first-order chi connectivity index (χ1) is 13.6. The number of carbonyl (C=O) groups excluding carboxylic acids is 1. The Hall–Kier alpha value is -1.96. The van der Waals surface area contributed by atoms with E-state index in [1.807, 2.05) is 0 Å². The Balaban J connectivity index is 1.41. The molecule has 0 amide bonds. The second-order valence-corrected chi connectivity index (χ2v) is 10.8. The summed E-state index contributed by atoms with van der Waals surface area (Å²) < 4.78 is 40.8. The van der Waals surface area contributed by atoms with Crippen molar-refractivity contribution in [1.29, 1.82) is 0 Å². The van der Waals surface area contributed by atoms with Crippen LogP contribution in [0.1, 0.15) is 48.9 Å². The Morgan fingerprint density at radius 3 is 2.48 bits per heavy atom. The topological polar surface area (TPSA) is 104 Å². The minimum absolute atomic E-state index is 0.0570. The molecule has 6 nitrogen and oxygen atoms in total. The van der Waals surface area contributed by atoms with Crippen molar-refractivity contribution in [1.82, 2.24) is 0 Å². The van der Waals surface area contributed by atoms with Crippen LogP contribution in [0.4, 0.5) is 0 Å². The van der Waals surface area contributed by atoms with E-state index in [0.29, 0.717) is 29.0 Å². The average Bonchev–Trinajstić information content (AvgIpc) is 2.62. The normalized spacial score (nSPS) is 33.2. The number of aliphatic hydroxyl groups is 1. The molecule has 4 aliphatic carbocycles. The highest BCUT2D eigenvalue weighted by Gasteiger charge is 2.57. The van der Waals surface area contributed by atoms with Crippen molar-refractivity contribution in [3.8, 4) is 0 Å². The summed E-state index contributed by atoms with van der Waals surface area (Å²) >= 11 is 0. The number of hydrogen-bond acceptors (Lipinski definition) is 6. The van der Waals surface area contributed by atoms with Crippen molar-refractivity contribution < 1.29 is 27.6 Å². The lowest BCUT2D eigenvalue weighted by molar-refractivity contribution is -0.175. The molecule has 0 spiro atoms. The molecule has 0 saturated heterocycles. The summed E-state index contributed by atoms with van der Waals surface area (Å²) in [6.07, 6.45) is 5.39. The molecule has 0 heterocycles. The highest BCUT2D eigenvalue weighted by atomic mass is 32.2. The number of rotatable bonds is 4. The molecule has 4 bridgehead atoms. The first-order valence-corrected chi connectivity index (χ1v) is 11.4. The van der Waals surface area contributed by atoms with Gasteiger partial charge in [-0.15, -0.1) is 0 Å². The summed E-state index contributed by atoms with van der Waals surface area (Å²) in [5, 5.41) is 11.6. The predicted octanol–water partition coefficient (Wildman–Crippen LogP) is 3.23. The molecule has 0 radical (unpaired) electrons. The van der Waals surface area contributed by atoms with E-state index < -0.39 is 26.6 Å². The maximum Gasteiger partial charge on any atom is 0.338 e. The van der Waals surface area contributed by atoms with Crippen molar-refractivity contribution in [2.24, 2.45) is 17.3 Å². The van der Waals surface area contributed by atoms with Gasteiger partial charge in [0.25, 0.3) is 0 Å². The smallest absolute Gasteiger partial charge is 0.338 e. The minimum Gasteiger partial charge on any atom is -0.744 e. The first-order valence-electron chi connectivity index (χ1n) is 10.0. The second kappa shape index (κ2) is 6.27. The molecular formula is C22H23O6S-. The van der Waals surface area contributed by atoms with E-state index in [1.54, 1.807) is 30.3 Å². The Labute approximate surface area is 169 Å². The van der Waals surface area contributed by atoms with Gasteiger partial charge >= 0.3 is 5.97 Å². The zero-order chi connectivity index (χ0) is 20.4. The number of ether oxygens (including phenoxy) is 1. The van der Waals surface area contributed by atoms with Gasteiger partial charge in [0, 0.05) is 5.41 Å². The van der Waals surface area contributed by atoms with Gasteiger partial charge in [0.05, 0.1) is 22.7 Å². The van der Waals surface area contributed by atoms with Crippen LogP contribution in [0.2, 0.25) is 0 Å². The summed E-state index contributed by atoms with van der Waals surface area (Å²) in [5.74, 6) is 0.332. The van der Waals surface area contributed by atoms with Crippen LogP contribution < -0.4 is 0 Å². The van der Waals surface area contributed by atoms with Gasteiger partial charge in [0.1, 0.15) is 10.1 Å². The Morgan fingerprint density at radius 1 is 1.14 bits per heavy atom. The lowest BCUT2D eigenvalue weighted by Gasteiger charge is -2.59. The van der Waals surface area contributed by atoms with Gasteiger partial charge in [0.2, 0.25) is 0 Å². The third-order valence-electron chi connectivity index (χ3n) is 6.99. The van der Waals surface area contributed by atoms with Crippen LogP contribution in [-0.2, 0) is 14.9 Å². The highest BCUT2D eigenvalue weighted by molar-refractivity contribution is 7.86. The molecule has 4 saturated carbocycles. The second-order valence-electron chi connectivity index (χ2n) is 9.41. The quantitative estimate of drug-likeness (QED) is 0.607. The van der Waals surface area contributed by atoms with Crippen molar-refractivity contribution in [3.05, 3.63) is 42.0 Å². The summed E-state index contributed by atoms with van der Waals surface area (Å²) in [6.45, 7) is 0.216. The molecule has 4 aliphatic rings. The maximum atomic E-state index is 12.8. The van der Waals surface area contributed by atoms with Crippen LogP contribution in [-0.4, -0.2) is 36.3 Å². The van der Waals surface area contributed by atoms with Gasteiger partial charge in [-0.2, -0.15) is 0 Å². The Kier molecular flexibility index (Phi) is 4.11. The molecule has 6 rings (SSSR count). The zero-order valence-electron chi connectivity index (χ0n) is 16.0. The fourth-order valence-corrected chi connectivity index (χ4v) is 7.20. The third kappa shape index (κ3) is 3.35. The SMILES string of the molecule is O=C(OCC12CC3CC(CC(O)(C3)C1)C2)c1cc(S(=O)(=O)[O-])c2ccccc2c1. The molecule has 4 fully saturated rings. The first kappa shape index (κ1) is 19.0. The molecule has 7 heteroatoms. The number of hydrogen-bond donors (Lipinski definition) is 1. The molecule has 154 valence electrons. The van der Waals surface area contributed by atoms with E-state index in [1.165, 1.54) is 0 Å². The molecule has 0 aromatic heterocycles. The molecule has 0 aliphatic heterocycles. The molecule has 2 aromatic carbocycles. The lowest BCUT2D eigenvalue weighted by atomic mass is 9.48. The van der Waals surface area contributed by atoms with Crippen LogP contribution in [0.25, 0.3) is 10.8 Å². The number of benzene rings is 2. The fourth-order valence-electron chi connectivity index (χ4n) is 6.47. The molecule has 2 aromatic rings. The largest absolute Gasteiger partial charge is 0.744 e. The van der Waals surface area contributed by atoms with Crippen LogP contribution in [0, 0.1) is 17.3 Å². The predicted molar refractivity (Wildman–Crippen MR) is 104 cm³/mol. The van der Waals surface area contributed by atoms with Gasteiger partial charge in [-0.3, -0.25) is 0 Å². The van der Waals surface area contributed by atoms with E-state index in [9.17, 15) is 22.9 Å². The van der Waals surface area contributed by atoms with Gasteiger partial charge in [-0.1, -0.05) is 24.3 Å². The van der Waals surface area contributed by atoms with Crippen LogP contribution in [0.5, 0.6) is 0 Å². The van der Waals surface area contributed by atoms with Crippen LogP contribution >= 0.6 is 0 Å². The summed E-state index contributed by atoms with van der Waals surface area (Å²) in [7, 11) is -4.74. The van der Waals surface area contributed by atoms with Crippen molar-refractivity contribution in [2.45, 2.75) is 49.0 Å². The number of fused-ring (bicyclic) bond motifs is 1. The minimum atomic E-state index is -4.74. The number of esters is 1. The maximum absolute atomic E-state index is 12.8. The average molecular weight is 415 g/mol. The molecule has 1 N–H and O–H groups in total. The zero-order valence-corrected chi connectivity index (χ0v) is 16.8. The molecule has 2 unspecified atom stereocenters. The van der Waals surface area contributed by atoms with Crippen molar-refractivity contribution in [3.63, 3.8) is 0 Å². The number of carbonyl (C=O) groups is 1. The highest BCUT2D eigenvalue weighted by Crippen LogP contribution is 2.61. The third-order valence-corrected chi connectivity index (χ3v) is 7.87. The summed E-state index contributed by atoms with van der Waals surface area (Å²) in [4.78, 5) is 12.3. The fraction of sp³-hybridized carbons (Fsp3) is 0.500. The standard InChI is InChI=1S/C22H24O6S/c23-20(17-6-16-3-1-2-4-18(16)19(7-17)29(25,26)27)28-13-21-8-14-5-15(9-21)11-22(24,10-14)12-21/h1-4,6-7,14-15,24H,5,8-13H2,(H,25,26,27)/p-1. The molecule has 29 heavy (non-hydrogen) atoms. The summed E-state index contributed by atoms with van der Waals surface area (Å²) in [5.41, 5.74) is -0.774. The van der Waals surface area contributed by atoms with E-state index in [4.69, 9.17) is 4.74 Å². The van der Waals surface area contributed by atoms with Crippen molar-refractivity contribution in [2.75, 3.05) is 6.61 Å². The Bertz CT molecular complexity index is 1090. The van der Waals surface area contributed by atoms with Crippen molar-refractivity contribution >= 4 is 26.9 Å². The van der Waals surface area contributed by atoms with Gasteiger partial charge < -0.3 is 14.4 Å². The van der Waals surface area contributed by atoms with Crippen LogP contribution in [0.15, 0.2) is 41.3 Å². The summed E-state index contributed by atoms with van der Waals surface area (Å²) in [6, 6.07) is 9.24. The van der Waals surface area contributed by atoms with E-state index in [0.717, 1.165) is 38.2 Å². The lowest BCUT2D eigenvalue weighted by Crippen LogP contribution is -2.57. The molecular weight excluding hydrogens is 392 g/mol. The van der Waals surface area contributed by atoms with E-state index in [2.05, 4.69) is 0 Å². The van der Waals surface area contributed by atoms with Gasteiger partial charge in [-0.25, -0.2) is 13.2 Å². The Morgan fingerprint density at radius 2 is 1.83 bits per heavy atom. The molecule has 2 atom stereocenters. The monoisotopic (exact) mass is 415 g/mol.